The van der Waals surface area contributed by atoms with Crippen LogP contribution in [0.2, 0.25) is 0 Å². The maximum atomic E-state index is 10.8. The Labute approximate surface area is 139 Å². The van der Waals surface area contributed by atoms with Crippen LogP contribution in [0.4, 0.5) is 0 Å². The van der Waals surface area contributed by atoms with Gasteiger partial charge < -0.3 is 9.47 Å². The average molecular weight is 324 g/mol. The van der Waals surface area contributed by atoms with E-state index in [4.69, 9.17) is 9.47 Å². The molecule has 6 nitrogen and oxygen atoms in total. The molecule has 1 aromatic heterocycles. The predicted octanol–water partition coefficient (Wildman–Crippen LogP) is 4.58. The minimum atomic E-state index is -0.208. The number of carbonyl (C=O) groups excluding carboxylic acids is 1. The molecule has 0 aliphatic carbocycles. The van der Waals surface area contributed by atoms with Crippen LogP contribution in [-0.4, -0.2) is 34.2 Å². The quantitative estimate of drug-likeness (QED) is 0.542. The Morgan fingerprint density at radius 3 is 2.14 bits per heavy atom. The second kappa shape index (κ2) is 21.9. The van der Waals surface area contributed by atoms with Crippen LogP contribution in [0.15, 0.2) is 6.20 Å². The average Bonchev–Trinajstić information content (AvgIpc) is 2.76. The molecule has 138 valence electrons. The summed E-state index contributed by atoms with van der Waals surface area (Å²) in [7, 11) is 0. The molecule has 1 rings (SSSR count). The number of nitrogens with zero attached hydrogens (tertiary/aromatic N) is 3. The Morgan fingerprint density at radius 2 is 1.68 bits per heavy atom. The molecule has 0 saturated carbocycles. The molecular weight excluding hydrogens is 282 g/mol. The molecule has 22 heavy (non-hydrogen) atoms. The summed E-state index contributed by atoms with van der Waals surface area (Å²) in [5.41, 5.74) is 0.781. The van der Waals surface area contributed by atoms with Gasteiger partial charge in [0.15, 0.2) is 0 Å². The second-order valence-corrected chi connectivity index (χ2v) is 3.19. The minimum Gasteiger partial charge on any atom is -0.463 e. The maximum absolute atomic E-state index is 10.8. The van der Waals surface area contributed by atoms with Gasteiger partial charge in [-0.05, 0) is 6.92 Å². The van der Waals surface area contributed by atoms with E-state index in [9.17, 15) is 4.79 Å². The van der Waals surface area contributed by atoms with Crippen molar-refractivity contribution in [3.8, 4) is 0 Å². The van der Waals surface area contributed by atoms with E-state index in [1.54, 1.807) is 11.6 Å². The zero-order valence-corrected chi connectivity index (χ0v) is 9.68. The predicted molar refractivity (Wildman–Crippen MR) is 97.0 cm³/mol. The van der Waals surface area contributed by atoms with Gasteiger partial charge in [0.1, 0.15) is 12.3 Å². The van der Waals surface area contributed by atoms with Gasteiger partial charge in [-0.3, -0.25) is 9.48 Å². The van der Waals surface area contributed by atoms with Gasteiger partial charge in [-0.2, -0.15) is 0 Å². The van der Waals surface area contributed by atoms with Crippen molar-refractivity contribution in [3.05, 3.63) is 11.9 Å². The Hall–Kier alpha value is -1.43. The number of rotatable bonds is 7. The van der Waals surface area contributed by atoms with E-state index in [1.165, 1.54) is 0 Å². The summed E-state index contributed by atoms with van der Waals surface area (Å²) in [5.74, 6) is -0.208. The van der Waals surface area contributed by atoms with Gasteiger partial charge in [0.05, 0.1) is 19.4 Å². The van der Waals surface area contributed by atoms with Crippen molar-refractivity contribution in [3.63, 3.8) is 0 Å². The molecule has 1 heterocycles. The molecule has 0 radical (unpaired) electrons. The van der Waals surface area contributed by atoms with Gasteiger partial charge >= 0.3 is 5.97 Å². The summed E-state index contributed by atoms with van der Waals surface area (Å²) in [6.07, 6.45) is 2.23. The normalized spacial score (nSPS) is 7.55. The Balaban J connectivity index is -0.000000107. The summed E-state index contributed by atoms with van der Waals surface area (Å²) >= 11 is 0. The molecule has 0 N–H and O–H groups in total. The third kappa shape index (κ3) is 15.0. The van der Waals surface area contributed by atoms with Crippen molar-refractivity contribution in [2.24, 2.45) is 0 Å². The van der Waals surface area contributed by atoms with E-state index in [0.717, 1.165) is 12.2 Å². The summed E-state index contributed by atoms with van der Waals surface area (Å²) in [4.78, 5) is 10.8. The van der Waals surface area contributed by atoms with Crippen molar-refractivity contribution in [1.29, 1.82) is 0 Å². The number of hydrogen-bond acceptors (Lipinski definition) is 5. The molecule has 0 aliphatic rings. The number of aromatic nitrogens is 3. The summed E-state index contributed by atoms with van der Waals surface area (Å²) in [6, 6.07) is 0. The van der Waals surface area contributed by atoms with Crippen LogP contribution in [0.3, 0.4) is 0 Å². The first-order valence-electron chi connectivity index (χ1n) is 5.38. The summed E-state index contributed by atoms with van der Waals surface area (Å²) < 4.78 is 11.9. The molecular formula is C16H41N3O3. The molecule has 0 spiro atoms. The van der Waals surface area contributed by atoms with Crippen LogP contribution in [0.25, 0.3) is 0 Å². The van der Waals surface area contributed by atoms with Crippen molar-refractivity contribution >= 4 is 5.97 Å². The fraction of sp³-hybridized carbons (Fsp3) is 0.812. The molecule has 0 atom stereocenters. The first-order chi connectivity index (χ1) is 7.76. The fourth-order valence-corrected chi connectivity index (χ4v) is 1.05. The Bertz CT molecular complexity index is 328. The molecule has 0 unspecified atom stereocenters. The third-order valence-electron chi connectivity index (χ3n) is 1.94. The number of esters is 1. The van der Waals surface area contributed by atoms with Crippen molar-refractivity contribution in [1.82, 2.24) is 15.0 Å². The summed E-state index contributed by atoms with van der Waals surface area (Å²) in [5, 5.41) is 7.79. The smallest absolute Gasteiger partial charge is 0.305 e. The van der Waals surface area contributed by atoms with E-state index >= 15 is 0 Å². The van der Waals surface area contributed by atoms with E-state index in [0.29, 0.717) is 19.6 Å². The highest BCUT2D eigenvalue weighted by atomic mass is 16.6. The fourth-order valence-electron chi connectivity index (χ4n) is 1.05. The number of aryl methyl sites for hydroxylation is 1. The van der Waals surface area contributed by atoms with Gasteiger partial charge in [-0.15, -0.1) is 5.10 Å². The Morgan fingerprint density at radius 1 is 1.09 bits per heavy atom. The van der Waals surface area contributed by atoms with Crippen LogP contribution in [0.1, 0.15) is 70.5 Å². The van der Waals surface area contributed by atoms with E-state index in [1.807, 2.05) is 13.1 Å². The Kier molecular flexibility index (Phi) is 36.9. The molecule has 0 bridgehead atoms. The zero-order valence-electron chi connectivity index (χ0n) is 9.68. The standard InChI is InChI=1S/C10H17N3O3.6CH4/c1-3-10(14)16-6-5-15-8-9-7-13(4-2)12-11-9;;;;;;/h7H,3-6,8H2,1-2H3;6*1H4. The number of ether oxygens (including phenoxy) is 2. The third-order valence-corrected chi connectivity index (χ3v) is 1.94. The SMILES string of the molecule is C.C.C.C.C.C.CCC(=O)OCCOCc1cn(CC)nn1. The topological polar surface area (TPSA) is 66.2 Å². The lowest BCUT2D eigenvalue weighted by atomic mass is 10.5. The molecule has 1 aromatic rings. The van der Waals surface area contributed by atoms with Crippen molar-refractivity contribution in [2.75, 3.05) is 13.2 Å². The number of hydrogen-bond donors (Lipinski definition) is 0. The first-order valence-corrected chi connectivity index (χ1v) is 5.38. The highest BCUT2D eigenvalue weighted by Gasteiger charge is 2.00. The van der Waals surface area contributed by atoms with Gasteiger partial charge in [0, 0.05) is 13.0 Å². The van der Waals surface area contributed by atoms with Crippen LogP contribution in [-0.2, 0) is 27.4 Å². The van der Waals surface area contributed by atoms with Crippen LogP contribution >= 0.6 is 0 Å². The monoisotopic (exact) mass is 323 g/mol. The molecule has 0 amide bonds. The van der Waals surface area contributed by atoms with E-state index < -0.39 is 0 Å². The van der Waals surface area contributed by atoms with Gasteiger partial charge in [-0.1, -0.05) is 56.7 Å². The molecule has 0 saturated heterocycles. The van der Waals surface area contributed by atoms with Gasteiger partial charge in [0.25, 0.3) is 0 Å². The minimum absolute atomic E-state index is 0. The van der Waals surface area contributed by atoms with Crippen LogP contribution in [0.5, 0.6) is 0 Å². The number of carbonyl (C=O) groups is 1. The van der Waals surface area contributed by atoms with Gasteiger partial charge in [-0.25, -0.2) is 0 Å². The highest BCUT2D eigenvalue weighted by Crippen LogP contribution is 1.96. The maximum Gasteiger partial charge on any atom is 0.305 e. The molecule has 0 aliphatic heterocycles. The van der Waals surface area contributed by atoms with Crippen molar-refractivity contribution in [2.45, 2.75) is 78.0 Å². The van der Waals surface area contributed by atoms with Crippen LogP contribution < -0.4 is 0 Å². The lowest BCUT2D eigenvalue weighted by Crippen LogP contribution is -2.09. The van der Waals surface area contributed by atoms with Gasteiger partial charge in [0.2, 0.25) is 0 Å². The van der Waals surface area contributed by atoms with E-state index in [-0.39, 0.29) is 57.1 Å². The first kappa shape index (κ1) is 37.1. The van der Waals surface area contributed by atoms with Crippen molar-refractivity contribution < 1.29 is 14.3 Å². The molecule has 0 aromatic carbocycles. The second-order valence-electron chi connectivity index (χ2n) is 3.19. The lowest BCUT2D eigenvalue weighted by molar-refractivity contribution is -0.144. The van der Waals surface area contributed by atoms with Crippen LogP contribution in [0, 0.1) is 0 Å². The largest absolute Gasteiger partial charge is 0.463 e. The zero-order chi connectivity index (χ0) is 11.8. The van der Waals surface area contributed by atoms with E-state index in [2.05, 4.69) is 10.3 Å². The highest BCUT2D eigenvalue weighted by molar-refractivity contribution is 5.68. The molecule has 6 heteroatoms. The summed E-state index contributed by atoms with van der Waals surface area (Å²) in [6.45, 7) is 5.60. The molecule has 0 fully saturated rings. The lowest BCUT2D eigenvalue weighted by Gasteiger charge is -2.03.